The van der Waals surface area contributed by atoms with E-state index in [-0.39, 0.29) is 107 Å². The zero-order valence-corrected chi connectivity index (χ0v) is 31.7. The van der Waals surface area contributed by atoms with Crippen LogP contribution in [0.5, 0.6) is 0 Å². The molecule has 0 aliphatic carbocycles. The van der Waals surface area contributed by atoms with Crippen LogP contribution in [0, 0.1) is 0 Å². The van der Waals surface area contributed by atoms with Gasteiger partial charge in [-0.2, -0.15) is 33.7 Å². The minimum Gasteiger partial charge on any atom is -0.357 e. The molecule has 2 aliphatic rings. The number of aromatic nitrogens is 8. The summed E-state index contributed by atoms with van der Waals surface area (Å²) >= 11 is 0. The minimum atomic E-state index is -4.75. The Hall–Kier alpha value is -5.60. The number of rotatable bonds is 4. The molecule has 4 N–H and O–H groups in total. The van der Waals surface area contributed by atoms with Gasteiger partial charge < -0.3 is 29.9 Å². The Kier molecular flexibility index (Phi) is 8.53. The van der Waals surface area contributed by atoms with E-state index in [0.717, 1.165) is 48.5 Å². The monoisotopic (exact) mass is 895 g/mol. The normalized spacial score (nSPS) is 13.0. The van der Waals surface area contributed by atoms with Crippen molar-refractivity contribution in [3.05, 3.63) is 72.8 Å². The van der Waals surface area contributed by atoms with Crippen molar-refractivity contribution < 1.29 is 69.0 Å². The van der Waals surface area contributed by atoms with Crippen LogP contribution < -0.4 is 9.97 Å². The van der Waals surface area contributed by atoms with Crippen LogP contribution in [0.15, 0.2) is 92.4 Å². The summed E-state index contributed by atoms with van der Waals surface area (Å²) in [5.41, 5.74) is -0.259. The van der Waals surface area contributed by atoms with Gasteiger partial charge in [0.25, 0.3) is 40.5 Å². The fourth-order valence-corrected chi connectivity index (χ4v) is 8.25. The first-order valence-electron chi connectivity index (χ1n) is 15.4. The van der Waals surface area contributed by atoms with Gasteiger partial charge in [-0.1, -0.05) is 24.3 Å². The van der Waals surface area contributed by atoms with Gasteiger partial charge in [0.1, 0.15) is 0 Å². The standard InChI is InChI=1S/C32H16N8O12S4.Cu/c41-53(42,43)13-1-5-17-21(9-13)29-33-25(17)37-30-22-10-14(54(44,45)46)2-6-18(22)27(34-30)39-32-24-12-16(56(50,51)52)4-8-20(24)28(36-32)40-31-23-11-15(55(47,48)49)3-7-19(23)26(35-31)38-29;/h1-12H,(H4-2,33,34,35,36,37,38,39,40,41,42,43,44,45,46,47,48,49,50,51,52);/q-2;+2. The topological polar surface area (TPSA) is 323 Å². The molecular formula is C32H16CuN8O12S4. The quantitative estimate of drug-likeness (QED) is 0.146. The van der Waals surface area contributed by atoms with Crippen molar-refractivity contribution in [1.29, 1.82) is 0 Å². The van der Waals surface area contributed by atoms with Gasteiger partial charge >= 0.3 is 17.1 Å². The van der Waals surface area contributed by atoms with E-state index in [0.29, 0.717) is 0 Å². The van der Waals surface area contributed by atoms with E-state index in [9.17, 15) is 51.9 Å². The van der Waals surface area contributed by atoms with E-state index in [1.807, 2.05) is 0 Å². The van der Waals surface area contributed by atoms with Crippen LogP contribution >= 0.6 is 0 Å². The Morgan fingerprint density at radius 3 is 0.965 bits per heavy atom. The average molecular weight is 896 g/mol. The summed E-state index contributed by atoms with van der Waals surface area (Å²) < 4.78 is 137. The molecule has 3 aromatic heterocycles. The van der Waals surface area contributed by atoms with Gasteiger partial charge in [-0.3, -0.25) is 18.2 Å². The van der Waals surface area contributed by atoms with E-state index >= 15 is 0 Å². The third-order valence-corrected chi connectivity index (χ3v) is 12.2. The molecule has 5 heterocycles. The third kappa shape index (κ3) is 6.54. The van der Waals surface area contributed by atoms with Gasteiger partial charge in [-0.15, -0.1) is 0 Å². The van der Waals surface area contributed by atoms with E-state index < -0.39 is 60.1 Å². The molecule has 2 aliphatic heterocycles. The molecule has 1 radical (unpaired) electrons. The van der Waals surface area contributed by atoms with Crippen molar-refractivity contribution in [2.24, 2.45) is 0 Å². The predicted molar refractivity (Wildman–Crippen MR) is 193 cm³/mol. The third-order valence-electron chi connectivity index (χ3n) is 8.78. The maximum absolute atomic E-state index is 12.2. The van der Waals surface area contributed by atoms with Crippen LogP contribution in [-0.4, -0.2) is 81.8 Å². The molecule has 0 saturated carbocycles. The van der Waals surface area contributed by atoms with E-state index in [1.54, 1.807) is 0 Å². The van der Waals surface area contributed by atoms with Crippen LogP contribution in [0.3, 0.4) is 0 Å². The van der Waals surface area contributed by atoms with Crippen molar-refractivity contribution in [2.75, 3.05) is 0 Å². The van der Waals surface area contributed by atoms with Crippen molar-refractivity contribution >= 4 is 84.6 Å². The second-order valence-corrected chi connectivity index (χ2v) is 17.9. The Bertz CT molecular complexity index is 3380. The molecule has 0 amide bonds. The largest absolute Gasteiger partial charge is 2.00 e. The Morgan fingerprint density at radius 2 is 0.632 bits per heavy atom. The smallest absolute Gasteiger partial charge is 0.357 e. The second kappa shape index (κ2) is 12.7. The SMILES string of the molecule is O=S(=O)(O)c1ccc2c(c1)-c1nc-2nc2[n-]c(nc3nc(nc4[n-]c(n1)c1ccc(S(=O)(=O)O)cc41)-c1ccc(S(=O)(=O)O)cc1-3)c1ccc(S(=O)(=O)O)cc21.[Cu+2]. The molecule has 25 heteroatoms. The Balaban J connectivity index is 0.00000455. The Labute approximate surface area is 329 Å². The van der Waals surface area contributed by atoms with E-state index in [4.69, 9.17) is 0 Å². The molecule has 0 saturated heterocycles. The van der Waals surface area contributed by atoms with Crippen molar-refractivity contribution in [1.82, 2.24) is 39.9 Å². The molecule has 0 unspecified atom stereocenters. The summed E-state index contributed by atoms with van der Waals surface area (Å²) in [5, 5.41) is 0.408. The van der Waals surface area contributed by atoms with E-state index in [2.05, 4.69) is 39.9 Å². The summed E-state index contributed by atoms with van der Waals surface area (Å²) in [6.45, 7) is 0. The zero-order valence-electron chi connectivity index (χ0n) is 27.5. The number of hydrogen-bond donors (Lipinski definition) is 4. The minimum absolute atomic E-state index is 0. The van der Waals surface area contributed by atoms with Crippen molar-refractivity contribution in [3.63, 3.8) is 0 Å². The second-order valence-electron chi connectivity index (χ2n) is 12.2. The van der Waals surface area contributed by atoms with Gasteiger partial charge in [0.15, 0.2) is 0 Å². The molecule has 7 aromatic rings. The molecule has 9 rings (SSSR count). The van der Waals surface area contributed by atoms with Crippen LogP contribution in [0.2, 0.25) is 0 Å². The molecular weight excluding hydrogens is 880 g/mol. The number of hydrogen-bond acceptors (Lipinski definition) is 14. The van der Waals surface area contributed by atoms with E-state index in [1.165, 1.54) is 24.3 Å². The van der Waals surface area contributed by atoms with Crippen LogP contribution in [0.1, 0.15) is 0 Å². The Morgan fingerprint density at radius 1 is 0.351 bits per heavy atom. The number of nitrogens with zero attached hydrogens (tertiary/aromatic N) is 8. The fourth-order valence-electron chi connectivity index (χ4n) is 6.22. The van der Waals surface area contributed by atoms with Crippen LogP contribution in [-0.2, 0) is 57.5 Å². The molecule has 8 bridgehead atoms. The molecule has 291 valence electrons. The number of fused-ring (bicyclic) bond motifs is 20. The maximum atomic E-state index is 12.2. The molecule has 57 heavy (non-hydrogen) atoms. The first-order chi connectivity index (χ1) is 26.2. The van der Waals surface area contributed by atoms with Gasteiger partial charge in [0, 0.05) is 44.8 Å². The summed E-state index contributed by atoms with van der Waals surface area (Å²) in [7, 11) is -19.0. The zero-order chi connectivity index (χ0) is 39.7. The predicted octanol–water partition coefficient (Wildman–Crippen LogP) is 3.11. The fraction of sp³-hybridized carbons (Fsp3) is 0. The first-order valence-corrected chi connectivity index (χ1v) is 21.2. The van der Waals surface area contributed by atoms with Gasteiger partial charge in [0.05, 0.1) is 42.9 Å². The van der Waals surface area contributed by atoms with Crippen molar-refractivity contribution in [3.8, 4) is 45.6 Å². The summed E-state index contributed by atoms with van der Waals surface area (Å²) in [6, 6.07) is 13.7. The summed E-state index contributed by atoms with van der Waals surface area (Å²) in [6.07, 6.45) is 0. The molecule has 4 aromatic carbocycles. The molecule has 0 atom stereocenters. The first kappa shape index (κ1) is 38.3. The molecule has 20 nitrogen and oxygen atoms in total. The van der Waals surface area contributed by atoms with Crippen LogP contribution in [0.25, 0.3) is 89.7 Å². The maximum Gasteiger partial charge on any atom is 2.00 e. The van der Waals surface area contributed by atoms with Crippen molar-refractivity contribution in [2.45, 2.75) is 19.6 Å². The summed E-state index contributed by atoms with van der Waals surface area (Å²) in [4.78, 5) is 34.1. The molecule has 0 spiro atoms. The van der Waals surface area contributed by atoms with Gasteiger partial charge in [-0.05, 0) is 70.1 Å². The summed E-state index contributed by atoms with van der Waals surface area (Å²) in [5.74, 6) is -0.667. The van der Waals surface area contributed by atoms with Gasteiger partial charge in [-0.25, -0.2) is 9.97 Å². The number of benzene rings is 4. The average Bonchev–Trinajstić information content (AvgIpc) is 3.84. The van der Waals surface area contributed by atoms with Gasteiger partial charge in [0.2, 0.25) is 0 Å². The van der Waals surface area contributed by atoms with Crippen LogP contribution in [0.4, 0.5) is 0 Å². The molecule has 0 fully saturated rings.